The largest absolute Gasteiger partial charge is 0.497 e. The Hall–Kier alpha value is -2.69. The highest BCUT2D eigenvalue weighted by atomic mass is 16.5. The summed E-state index contributed by atoms with van der Waals surface area (Å²) in [6.45, 7) is 2.07. The number of amides is 2. The molecule has 0 saturated carbocycles. The summed E-state index contributed by atoms with van der Waals surface area (Å²) in [6, 6.07) is 12.6. The molecule has 0 radical (unpaired) electrons. The molecule has 0 unspecified atom stereocenters. The van der Waals surface area contributed by atoms with E-state index in [1.165, 1.54) is 5.56 Å². The number of carbonyl (C=O) groups excluding carboxylic acids is 1. The van der Waals surface area contributed by atoms with Gasteiger partial charge in [-0.15, -0.1) is 0 Å². The fourth-order valence-electron chi connectivity index (χ4n) is 2.04. The molecule has 0 aliphatic heterocycles. The number of aryl methyl sites for hydroxylation is 1. The van der Waals surface area contributed by atoms with Gasteiger partial charge >= 0.3 is 6.03 Å². The minimum absolute atomic E-state index is 0.316. The molecular formula is C17H20N2O3. The first kappa shape index (κ1) is 15.7. The summed E-state index contributed by atoms with van der Waals surface area (Å²) in [5.74, 6) is 1.23. The van der Waals surface area contributed by atoms with Gasteiger partial charge in [-0.25, -0.2) is 4.79 Å². The molecule has 0 aliphatic carbocycles. The fourth-order valence-corrected chi connectivity index (χ4v) is 2.04. The van der Waals surface area contributed by atoms with Gasteiger partial charge in [0.05, 0.1) is 14.2 Å². The van der Waals surface area contributed by atoms with Crippen LogP contribution < -0.4 is 20.1 Å². The van der Waals surface area contributed by atoms with Crippen molar-refractivity contribution in [2.24, 2.45) is 0 Å². The van der Waals surface area contributed by atoms with Crippen LogP contribution in [-0.4, -0.2) is 20.3 Å². The second-order valence-corrected chi connectivity index (χ2v) is 4.73. The number of hydrogen-bond donors (Lipinski definition) is 2. The van der Waals surface area contributed by atoms with E-state index in [2.05, 4.69) is 17.6 Å². The van der Waals surface area contributed by atoms with E-state index < -0.39 is 0 Å². The highest BCUT2D eigenvalue weighted by Crippen LogP contribution is 2.25. The molecule has 5 heteroatoms. The predicted octanol–water partition coefficient (Wildman–Crippen LogP) is 3.91. The Morgan fingerprint density at radius 1 is 0.955 bits per heavy atom. The van der Waals surface area contributed by atoms with E-state index in [1.807, 2.05) is 24.3 Å². The second-order valence-electron chi connectivity index (χ2n) is 4.73. The lowest BCUT2D eigenvalue weighted by Gasteiger charge is -2.11. The number of benzene rings is 2. The van der Waals surface area contributed by atoms with E-state index in [-0.39, 0.29) is 6.03 Å². The van der Waals surface area contributed by atoms with Crippen LogP contribution in [0.25, 0.3) is 0 Å². The van der Waals surface area contributed by atoms with Crippen molar-refractivity contribution in [2.75, 3.05) is 24.9 Å². The Balaban J connectivity index is 2.08. The third-order valence-electron chi connectivity index (χ3n) is 3.20. The number of urea groups is 1. The molecule has 2 aromatic carbocycles. The number of methoxy groups -OCH3 is 2. The lowest BCUT2D eigenvalue weighted by molar-refractivity contribution is 0.262. The van der Waals surface area contributed by atoms with Gasteiger partial charge in [0, 0.05) is 29.6 Å². The van der Waals surface area contributed by atoms with Crippen LogP contribution in [-0.2, 0) is 6.42 Å². The molecule has 2 amide bonds. The molecule has 0 heterocycles. The SMILES string of the molecule is CCc1cccc(NC(=O)Nc2cc(OC)cc(OC)c2)c1. The van der Waals surface area contributed by atoms with Crippen LogP contribution in [0.3, 0.4) is 0 Å². The van der Waals surface area contributed by atoms with Crippen molar-refractivity contribution in [3.8, 4) is 11.5 Å². The maximum atomic E-state index is 12.1. The van der Waals surface area contributed by atoms with Gasteiger partial charge in [-0.2, -0.15) is 0 Å². The minimum atomic E-state index is -0.316. The zero-order chi connectivity index (χ0) is 15.9. The van der Waals surface area contributed by atoms with E-state index in [9.17, 15) is 4.79 Å². The Labute approximate surface area is 130 Å². The normalized spacial score (nSPS) is 9.95. The van der Waals surface area contributed by atoms with E-state index >= 15 is 0 Å². The lowest BCUT2D eigenvalue weighted by Crippen LogP contribution is -2.19. The Kier molecular flexibility index (Phi) is 5.25. The number of rotatable bonds is 5. The summed E-state index contributed by atoms with van der Waals surface area (Å²) in [4.78, 5) is 12.1. The monoisotopic (exact) mass is 300 g/mol. The predicted molar refractivity (Wildman–Crippen MR) is 88.0 cm³/mol. The van der Waals surface area contributed by atoms with Crippen LogP contribution >= 0.6 is 0 Å². The number of carbonyl (C=O) groups is 1. The average Bonchev–Trinajstić information content (AvgIpc) is 2.54. The van der Waals surface area contributed by atoms with Crippen molar-refractivity contribution in [1.82, 2.24) is 0 Å². The van der Waals surface area contributed by atoms with Gasteiger partial charge in [0.25, 0.3) is 0 Å². The molecule has 0 spiro atoms. The smallest absolute Gasteiger partial charge is 0.323 e. The molecule has 2 rings (SSSR count). The summed E-state index contributed by atoms with van der Waals surface area (Å²) in [7, 11) is 3.13. The molecular weight excluding hydrogens is 280 g/mol. The molecule has 0 fully saturated rings. The van der Waals surface area contributed by atoms with Gasteiger partial charge in [-0.3, -0.25) is 0 Å². The standard InChI is InChI=1S/C17H20N2O3/c1-4-12-6-5-7-13(8-12)18-17(20)19-14-9-15(21-2)11-16(10-14)22-3/h5-11H,4H2,1-3H3,(H2,18,19,20). The van der Waals surface area contributed by atoms with Gasteiger partial charge in [-0.05, 0) is 24.1 Å². The number of ether oxygens (including phenoxy) is 2. The first-order chi connectivity index (χ1) is 10.6. The molecule has 0 atom stereocenters. The maximum absolute atomic E-state index is 12.1. The topological polar surface area (TPSA) is 59.6 Å². The third kappa shape index (κ3) is 4.15. The molecule has 0 bridgehead atoms. The van der Waals surface area contributed by atoms with Crippen LogP contribution in [0.1, 0.15) is 12.5 Å². The molecule has 0 aromatic heterocycles. The van der Waals surface area contributed by atoms with E-state index in [0.717, 1.165) is 12.1 Å². The van der Waals surface area contributed by atoms with Gasteiger partial charge < -0.3 is 20.1 Å². The number of anilines is 2. The van der Waals surface area contributed by atoms with Crippen molar-refractivity contribution in [2.45, 2.75) is 13.3 Å². The minimum Gasteiger partial charge on any atom is -0.497 e. The first-order valence-electron chi connectivity index (χ1n) is 7.04. The van der Waals surface area contributed by atoms with Crippen LogP contribution in [0.4, 0.5) is 16.2 Å². The molecule has 22 heavy (non-hydrogen) atoms. The van der Waals surface area contributed by atoms with Crippen molar-refractivity contribution < 1.29 is 14.3 Å². The van der Waals surface area contributed by atoms with Crippen molar-refractivity contribution in [1.29, 1.82) is 0 Å². The van der Waals surface area contributed by atoms with Crippen LogP contribution in [0, 0.1) is 0 Å². The van der Waals surface area contributed by atoms with Crippen LogP contribution in [0.2, 0.25) is 0 Å². The Morgan fingerprint density at radius 2 is 1.59 bits per heavy atom. The summed E-state index contributed by atoms with van der Waals surface area (Å²) in [5, 5.41) is 5.58. The summed E-state index contributed by atoms with van der Waals surface area (Å²) < 4.78 is 10.4. The lowest BCUT2D eigenvalue weighted by atomic mass is 10.1. The van der Waals surface area contributed by atoms with Crippen LogP contribution in [0.5, 0.6) is 11.5 Å². The van der Waals surface area contributed by atoms with Crippen molar-refractivity contribution >= 4 is 17.4 Å². The molecule has 0 aliphatic rings. The molecule has 2 aromatic rings. The molecule has 5 nitrogen and oxygen atoms in total. The van der Waals surface area contributed by atoms with E-state index in [0.29, 0.717) is 17.2 Å². The van der Waals surface area contributed by atoms with Crippen molar-refractivity contribution in [3.63, 3.8) is 0 Å². The summed E-state index contributed by atoms with van der Waals surface area (Å²) in [6.07, 6.45) is 0.921. The van der Waals surface area contributed by atoms with Crippen LogP contribution in [0.15, 0.2) is 42.5 Å². The third-order valence-corrected chi connectivity index (χ3v) is 3.20. The maximum Gasteiger partial charge on any atom is 0.323 e. The van der Waals surface area contributed by atoms with Gasteiger partial charge in [0.2, 0.25) is 0 Å². The van der Waals surface area contributed by atoms with Crippen molar-refractivity contribution in [3.05, 3.63) is 48.0 Å². The fraction of sp³-hybridized carbons (Fsp3) is 0.235. The second kappa shape index (κ2) is 7.36. The Bertz CT molecular complexity index is 634. The molecule has 116 valence electrons. The molecule has 2 N–H and O–H groups in total. The highest BCUT2D eigenvalue weighted by molar-refractivity contribution is 6.00. The molecule has 0 saturated heterocycles. The quantitative estimate of drug-likeness (QED) is 0.880. The van der Waals surface area contributed by atoms with Gasteiger partial charge in [0.15, 0.2) is 0 Å². The average molecular weight is 300 g/mol. The highest BCUT2D eigenvalue weighted by Gasteiger charge is 2.06. The van der Waals surface area contributed by atoms with Gasteiger partial charge in [0.1, 0.15) is 11.5 Å². The summed E-state index contributed by atoms with van der Waals surface area (Å²) in [5.41, 5.74) is 2.52. The summed E-state index contributed by atoms with van der Waals surface area (Å²) >= 11 is 0. The zero-order valence-electron chi connectivity index (χ0n) is 13.0. The first-order valence-corrected chi connectivity index (χ1v) is 7.04. The number of nitrogens with one attached hydrogen (secondary N) is 2. The zero-order valence-corrected chi connectivity index (χ0v) is 13.0. The van der Waals surface area contributed by atoms with E-state index in [4.69, 9.17) is 9.47 Å². The Morgan fingerprint density at radius 3 is 2.18 bits per heavy atom. The van der Waals surface area contributed by atoms with Gasteiger partial charge in [-0.1, -0.05) is 19.1 Å². The number of hydrogen-bond acceptors (Lipinski definition) is 3. The van der Waals surface area contributed by atoms with E-state index in [1.54, 1.807) is 32.4 Å².